The van der Waals surface area contributed by atoms with Crippen molar-refractivity contribution in [1.29, 1.82) is 0 Å². The van der Waals surface area contributed by atoms with Gasteiger partial charge in [0, 0.05) is 12.3 Å². The molecule has 1 aliphatic heterocycles. The van der Waals surface area contributed by atoms with E-state index in [1.165, 1.54) is 0 Å². The topological polar surface area (TPSA) is 58.7 Å². The van der Waals surface area contributed by atoms with Gasteiger partial charge < -0.3 is 5.73 Å². The molecule has 0 aromatic rings. The van der Waals surface area contributed by atoms with E-state index in [0.717, 1.165) is 18.7 Å². The number of rotatable bonds is 5. The second-order valence-electron chi connectivity index (χ2n) is 4.52. The summed E-state index contributed by atoms with van der Waals surface area (Å²) in [6, 6.07) is 0. The molecule has 1 heterocycles. The minimum atomic E-state index is -0.0674. The van der Waals surface area contributed by atoms with Crippen LogP contribution in [0.1, 0.15) is 33.6 Å². The van der Waals surface area contributed by atoms with Crippen LogP contribution in [-0.2, 0) is 4.79 Å². The van der Waals surface area contributed by atoms with E-state index in [1.54, 1.807) is 5.01 Å². The molecule has 0 saturated carbocycles. The maximum absolute atomic E-state index is 11.9. The smallest absolute Gasteiger partial charge is 0.251 e. The van der Waals surface area contributed by atoms with Gasteiger partial charge in [-0.3, -0.25) is 4.79 Å². The minimum Gasteiger partial charge on any atom is -0.330 e. The highest BCUT2D eigenvalue weighted by molar-refractivity contribution is 6.06. The Morgan fingerprint density at radius 1 is 1.53 bits per heavy atom. The molecule has 0 bridgehead atoms. The molecule has 0 spiro atoms. The van der Waals surface area contributed by atoms with E-state index in [0.29, 0.717) is 18.9 Å². The van der Waals surface area contributed by atoms with Crippen molar-refractivity contribution in [2.45, 2.75) is 33.6 Å². The van der Waals surface area contributed by atoms with Gasteiger partial charge in [0.25, 0.3) is 5.91 Å². The molecule has 1 unspecified atom stereocenters. The Labute approximate surface area is 91.5 Å². The van der Waals surface area contributed by atoms with Gasteiger partial charge in [-0.15, -0.1) is 0 Å². The lowest BCUT2D eigenvalue weighted by Crippen LogP contribution is -2.29. The van der Waals surface area contributed by atoms with Gasteiger partial charge in [0.05, 0.1) is 5.92 Å². The molecule has 4 heteroatoms. The summed E-state index contributed by atoms with van der Waals surface area (Å²) in [4.78, 5) is 11.9. The standard InChI is InChI=1S/C11H21N3O/c1-8(2)5-7-14-11(15)10(4-6-12)9(3)13-14/h8,10H,4-7,12H2,1-3H3. The molecular formula is C11H21N3O. The summed E-state index contributed by atoms with van der Waals surface area (Å²) in [5.41, 5.74) is 6.39. The van der Waals surface area contributed by atoms with Crippen molar-refractivity contribution in [2.75, 3.05) is 13.1 Å². The van der Waals surface area contributed by atoms with Crippen LogP contribution >= 0.6 is 0 Å². The number of hydrogen-bond donors (Lipinski definition) is 1. The van der Waals surface area contributed by atoms with Gasteiger partial charge in [-0.25, -0.2) is 5.01 Å². The molecule has 0 aromatic heterocycles. The molecule has 1 atom stereocenters. The Morgan fingerprint density at radius 2 is 2.20 bits per heavy atom. The first-order valence-electron chi connectivity index (χ1n) is 5.62. The lowest BCUT2D eigenvalue weighted by molar-refractivity contribution is -0.132. The second-order valence-corrected chi connectivity index (χ2v) is 4.52. The van der Waals surface area contributed by atoms with Gasteiger partial charge in [-0.1, -0.05) is 13.8 Å². The zero-order chi connectivity index (χ0) is 11.4. The van der Waals surface area contributed by atoms with Crippen LogP contribution in [-0.4, -0.2) is 29.7 Å². The fraction of sp³-hybridized carbons (Fsp3) is 0.818. The lowest BCUT2D eigenvalue weighted by Gasteiger charge is -2.14. The molecule has 1 aliphatic rings. The summed E-state index contributed by atoms with van der Waals surface area (Å²) in [5, 5.41) is 5.89. The van der Waals surface area contributed by atoms with Crippen molar-refractivity contribution in [3.05, 3.63) is 0 Å². The first kappa shape index (κ1) is 12.2. The number of nitrogens with two attached hydrogens (primary N) is 1. The highest BCUT2D eigenvalue weighted by Crippen LogP contribution is 2.19. The van der Waals surface area contributed by atoms with Gasteiger partial charge in [-0.2, -0.15) is 5.10 Å². The molecule has 0 radical (unpaired) electrons. The van der Waals surface area contributed by atoms with E-state index in [4.69, 9.17) is 5.73 Å². The zero-order valence-corrected chi connectivity index (χ0v) is 9.86. The van der Waals surface area contributed by atoms with Crippen molar-refractivity contribution in [3.63, 3.8) is 0 Å². The quantitative estimate of drug-likeness (QED) is 0.743. The van der Waals surface area contributed by atoms with Crippen LogP contribution in [0.3, 0.4) is 0 Å². The predicted molar refractivity (Wildman–Crippen MR) is 61.4 cm³/mol. The van der Waals surface area contributed by atoms with E-state index in [9.17, 15) is 4.79 Å². The predicted octanol–water partition coefficient (Wildman–Crippen LogP) is 1.22. The molecule has 15 heavy (non-hydrogen) atoms. The number of carbonyl (C=O) groups excluding carboxylic acids is 1. The van der Waals surface area contributed by atoms with Crippen LogP contribution in [0.25, 0.3) is 0 Å². The summed E-state index contributed by atoms with van der Waals surface area (Å²) in [5.74, 6) is 0.655. The van der Waals surface area contributed by atoms with E-state index in [-0.39, 0.29) is 11.8 Å². The van der Waals surface area contributed by atoms with Crippen molar-refractivity contribution < 1.29 is 4.79 Å². The van der Waals surface area contributed by atoms with Crippen LogP contribution in [0.2, 0.25) is 0 Å². The van der Waals surface area contributed by atoms with Crippen molar-refractivity contribution in [1.82, 2.24) is 5.01 Å². The summed E-state index contributed by atoms with van der Waals surface area (Å²) < 4.78 is 0. The normalized spacial score (nSPS) is 21.4. The maximum atomic E-state index is 11.9. The Kier molecular flexibility index (Phi) is 4.27. The van der Waals surface area contributed by atoms with E-state index < -0.39 is 0 Å². The maximum Gasteiger partial charge on any atom is 0.251 e. The minimum absolute atomic E-state index is 0.0674. The van der Waals surface area contributed by atoms with E-state index >= 15 is 0 Å². The second kappa shape index (κ2) is 5.26. The largest absolute Gasteiger partial charge is 0.330 e. The van der Waals surface area contributed by atoms with Gasteiger partial charge in [0.1, 0.15) is 0 Å². The Morgan fingerprint density at radius 3 is 2.73 bits per heavy atom. The van der Waals surface area contributed by atoms with Gasteiger partial charge in [0.15, 0.2) is 0 Å². The molecule has 0 fully saturated rings. The van der Waals surface area contributed by atoms with Crippen LogP contribution in [0.15, 0.2) is 5.10 Å². The van der Waals surface area contributed by atoms with Crippen molar-refractivity contribution in [2.24, 2.45) is 22.7 Å². The first-order chi connectivity index (χ1) is 7.06. The molecule has 1 amide bonds. The number of nitrogens with zero attached hydrogens (tertiary/aromatic N) is 2. The monoisotopic (exact) mass is 211 g/mol. The average molecular weight is 211 g/mol. The van der Waals surface area contributed by atoms with Crippen molar-refractivity contribution in [3.8, 4) is 0 Å². The SMILES string of the molecule is CC1=NN(CCC(C)C)C(=O)C1CCN. The number of hydrazone groups is 1. The number of hydrogen-bond acceptors (Lipinski definition) is 3. The van der Waals surface area contributed by atoms with Gasteiger partial charge in [-0.05, 0) is 32.2 Å². The van der Waals surface area contributed by atoms with Crippen LogP contribution in [0.4, 0.5) is 0 Å². The molecule has 86 valence electrons. The Balaban J connectivity index is 2.52. The van der Waals surface area contributed by atoms with Crippen LogP contribution in [0.5, 0.6) is 0 Å². The summed E-state index contributed by atoms with van der Waals surface area (Å²) >= 11 is 0. The number of carbonyl (C=O) groups is 1. The van der Waals surface area contributed by atoms with E-state index in [2.05, 4.69) is 18.9 Å². The fourth-order valence-corrected chi connectivity index (χ4v) is 1.71. The molecule has 4 nitrogen and oxygen atoms in total. The van der Waals surface area contributed by atoms with E-state index in [1.807, 2.05) is 6.92 Å². The number of amides is 1. The molecule has 2 N–H and O–H groups in total. The van der Waals surface area contributed by atoms with Gasteiger partial charge in [0.2, 0.25) is 0 Å². The molecule has 0 aromatic carbocycles. The highest BCUT2D eigenvalue weighted by atomic mass is 16.2. The fourth-order valence-electron chi connectivity index (χ4n) is 1.71. The third-order valence-corrected chi connectivity index (χ3v) is 2.71. The lowest BCUT2D eigenvalue weighted by atomic mass is 10.0. The molecule has 0 saturated heterocycles. The molecule has 0 aliphatic carbocycles. The first-order valence-corrected chi connectivity index (χ1v) is 5.62. The third-order valence-electron chi connectivity index (χ3n) is 2.71. The zero-order valence-electron chi connectivity index (χ0n) is 9.86. The van der Waals surface area contributed by atoms with Crippen LogP contribution < -0.4 is 5.73 Å². The molecular weight excluding hydrogens is 190 g/mol. The average Bonchev–Trinajstić information content (AvgIpc) is 2.43. The summed E-state index contributed by atoms with van der Waals surface area (Å²) in [6.45, 7) is 7.48. The Hall–Kier alpha value is -0.900. The Bertz CT molecular complexity index is 261. The third kappa shape index (κ3) is 3.02. The van der Waals surface area contributed by atoms with Gasteiger partial charge >= 0.3 is 0 Å². The molecule has 1 rings (SSSR count). The summed E-state index contributed by atoms with van der Waals surface area (Å²) in [7, 11) is 0. The van der Waals surface area contributed by atoms with Crippen LogP contribution in [0, 0.1) is 11.8 Å². The highest BCUT2D eigenvalue weighted by Gasteiger charge is 2.32. The summed E-state index contributed by atoms with van der Waals surface area (Å²) in [6.07, 6.45) is 1.71. The van der Waals surface area contributed by atoms with Crippen molar-refractivity contribution >= 4 is 11.6 Å².